The summed E-state index contributed by atoms with van der Waals surface area (Å²) in [4.78, 5) is 12.1. The van der Waals surface area contributed by atoms with Crippen LogP contribution in [0, 0.1) is 0 Å². The second-order valence-electron chi connectivity index (χ2n) is 5.72. The molecule has 0 aliphatic carbocycles. The summed E-state index contributed by atoms with van der Waals surface area (Å²) in [5, 5.41) is 8.85. The highest BCUT2D eigenvalue weighted by molar-refractivity contribution is 6.30. The van der Waals surface area contributed by atoms with Crippen molar-refractivity contribution in [2.24, 2.45) is 0 Å². The Hall–Kier alpha value is -2.57. The fourth-order valence-electron chi connectivity index (χ4n) is 2.52. The summed E-state index contributed by atoms with van der Waals surface area (Å²) in [5.74, 6) is 0.602. The molecule has 6 nitrogen and oxygen atoms in total. The van der Waals surface area contributed by atoms with E-state index in [0.29, 0.717) is 36.9 Å². The lowest BCUT2D eigenvalue weighted by molar-refractivity contribution is 0.0937. The maximum Gasteiger partial charge on any atom is 0.251 e. The first-order valence-corrected chi connectivity index (χ1v) is 8.66. The normalized spacial score (nSPS) is 10.8. The number of hydrogen-bond donors (Lipinski definition) is 1. The van der Waals surface area contributed by atoms with Gasteiger partial charge < -0.3 is 14.8 Å². The van der Waals surface area contributed by atoms with Gasteiger partial charge in [0.25, 0.3) is 5.91 Å². The van der Waals surface area contributed by atoms with Gasteiger partial charge in [0.15, 0.2) is 0 Å². The summed E-state index contributed by atoms with van der Waals surface area (Å²) < 4.78 is 12.4. The van der Waals surface area contributed by atoms with Crippen molar-refractivity contribution in [1.29, 1.82) is 0 Å². The molecule has 0 atom stereocenters. The van der Waals surface area contributed by atoms with E-state index in [4.69, 9.17) is 21.1 Å². The van der Waals surface area contributed by atoms with E-state index < -0.39 is 0 Å². The minimum Gasteiger partial charge on any atom is -0.492 e. The predicted octanol–water partition coefficient (Wildman–Crippen LogP) is 3.14. The number of rotatable bonds is 8. The van der Waals surface area contributed by atoms with Crippen molar-refractivity contribution in [2.75, 3.05) is 26.9 Å². The van der Waals surface area contributed by atoms with E-state index in [0.717, 1.165) is 16.7 Å². The number of carbonyl (C=O) groups excluding carboxylic acids is 1. The molecule has 0 saturated carbocycles. The van der Waals surface area contributed by atoms with E-state index in [1.807, 2.05) is 35.1 Å². The first-order valence-electron chi connectivity index (χ1n) is 8.28. The Bertz CT molecular complexity index is 895. The fraction of sp³-hybridized carbons (Fsp3) is 0.263. The van der Waals surface area contributed by atoms with Crippen LogP contribution in [0.4, 0.5) is 0 Å². The highest BCUT2D eigenvalue weighted by Gasteiger charge is 2.08. The van der Waals surface area contributed by atoms with E-state index in [1.165, 1.54) is 0 Å². The SMILES string of the molecule is COCCNC(=O)c1ccc2nn(CCOc3cccc(Cl)c3)cc2c1. The van der Waals surface area contributed by atoms with E-state index in [1.54, 1.807) is 25.3 Å². The summed E-state index contributed by atoms with van der Waals surface area (Å²) >= 11 is 5.94. The van der Waals surface area contributed by atoms with Crippen LogP contribution in [0.25, 0.3) is 10.9 Å². The van der Waals surface area contributed by atoms with E-state index in [2.05, 4.69) is 10.4 Å². The number of ether oxygens (including phenoxy) is 2. The Kier molecular flexibility index (Phi) is 6.09. The summed E-state index contributed by atoms with van der Waals surface area (Å²) in [7, 11) is 1.60. The van der Waals surface area contributed by atoms with Crippen LogP contribution >= 0.6 is 11.6 Å². The number of benzene rings is 2. The standard InChI is InChI=1S/C19H20ClN3O3/c1-25-9-7-21-19(24)14-5-6-18-15(11-14)13-23(22-18)8-10-26-17-4-2-3-16(20)12-17/h2-6,11-13H,7-10H2,1H3,(H,21,24). The molecular formula is C19H20ClN3O3. The van der Waals surface area contributed by atoms with Crippen LogP contribution in [-0.4, -0.2) is 42.6 Å². The molecule has 0 aliphatic heterocycles. The van der Waals surface area contributed by atoms with Crippen LogP contribution in [0.3, 0.4) is 0 Å². The van der Waals surface area contributed by atoms with Crippen LogP contribution in [0.5, 0.6) is 5.75 Å². The average molecular weight is 374 g/mol. The minimum absolute atomic E-state index is 0.124. The van der Waals surface area contributed by atoms with Gasteiger partial charge in [0.2, 0.25) is 0 Å². The number of hydrogen-bond acceptors (Lipinski definition) is 4. The molecule has 136 valence electrons. The number of aromatic nitrogens is 2. The lowest BCUT2D eigenvalue weighted by Crippen LogP contribution is -2.26. The fourth-order valence-corrected chi connectivity index (χ4v) is 2.70. The molecule has 0 aliphatic rings. The van der Waals surface area contributed by atoms with Crippen LogP contribution in [0.15, 0.2) is 48.7 Å². The van der Waals surface area contributed by atoms with Crippen LogP contribution in [0.2, 0.25) is 5.02 Å². The Morgan fingerprint density at radius 2 is 2.12 bits per heavy atom. The Labute approximate surface area is 156 Å². The number of fused-ring (bicyclic) bond motifs is 1. The monoisotopic (exact) mass is 373 g/mol. The molecular weight excluding hydrogens is 354 g/mol. The molecule has 0 fully saturated rings. The zero-order valence-electron chi connectivity index (χ0n) is 14.4. The summed E-state index contributed by atoms with van der Waals surface area (Å²) in [6.07, 6.45) is 1.91. The van der Waals surface area contributed by atoms with Crippen molar-refractivity contribution >= 4 is 28.4 Å². The predicted molar refractivity (Wildman–Crippen MR) is 101 cm³/mol. The number of nitrogens with one attached hydrogen (secondary N) is 1. The second-order valence-corrected chi connectivity index (χ2v) is 6.16. The van der Waals surface area contributed by atoms with E-state index >= 15 is 0 Å². The van der Waals surface area contributed by atoms with Crippen molar-refractivity contribution in [3.63, 3.8) is 0 Å². The number of nitrogens with zero attached hydrogens (tertiary/aromatic N) is 2. The van der Waals surface area contributed by atoms with Crippen LogP contribution in [0.1, 0.15) is 10.4 Å². The van der Waals surface area contributed by atoms with Gasteiger partial charge in [0, 0.05) is 35.8 Å². The summed E-state index contributed by atoms with van der Waals surface area (Å²) in [5.41, 5.74) is 1.43. The molecule has 1 N–H and O–H groups in total. The molecule has 7 heteroatoms. The lowest BCUT2D eigenvalue weighted by Gasteiger charge is -2.06. The molecule has 0 unspecified atom stereocenters. The van der Waals surface area contributed by atoms with E-state index in [-0.39, 0.29) is 5.91 Å². The third-order valence-electron chi connectivity index (χ3n) is 3.79. The first kappa shape index (κ1) is 18.2. The number of halogens is 1. The second kappa shape index (κ2) is 8.69. The Morgan fingerprint density at radius 3 is 2.92 bits per heavy atom. The third-order valence-corrected chi connectivity index (χ3v) is 4.03. The molecule has 26 heavy (non-hydrogen) atoms. The molecule has 1 heterocycles. The van der Waals surface area contributed by atoms with E-state index in [9.17, 15) is 4.79 Å². The van der Waals surface area contributed by atoms with Gasteiger partial charge in [0.1, 0.15) is 12.4 Å². The minimum atomic E-state index is -0.124. The molecule has 2 aromatic carbocycles. The number of amides is 1. The third kappa shape index (κ3) is 4.74. The van der Waals surface area contributed by atoms with Gasteiger partial charge in [-0.05, 0) is 36.4 Å². The maximum atomic E-state index is 12.1. The van der Waals surface area contributed by atoms with Crippen LogP contribution < -0.4 is 10.1 Å². The summed E-state index contributed by atoms with van der Waals surface area (Å²) in [6.45, 7) is 2.03. The number of methoxy groups -OCH3 is 1. The molecule has 0 bridgehead atoms. The molecule has 3 aromatic rings. The Morgan fingerprint density at radius 1 is 1.23 bits per heavy atom. The van der Waals surface area contributed by atoms with Crippen molar-refractivity contribution in [3.8, 4) is 5.75 Å². The van der Waals surface area contributed by atoms with Gasteiger partial charge in [-0.1, -0.05) is 17.7 Å². The van der Waals surface area contributed by atoms with Gasteiger partial charge in [-0.3, -0.25) is 9.48 Å². The van der Waals surface area contributed by atoms with Crippen molar-refractivity contribution < 1.29 is 14.3 Å². The summed E-state index contributed by atoms with van der Waals surface area (Å²) in [6, 6.07) is 12.7. The smallest absolute Gasteiger partial charge is 0.251 e. The van der Waals surface area contributed by atoms with Gasteiger partial charge in [0.05, 0.1) is 18.7 Å². The number of carbonyl (C=O) groups is 1. The van der Waals surface area contributed by atoms with Gasteiger partial charge >= 0.3 is 0 Å². The largest absolute Gasteiger partial charge is 0.492 e. The maximum absolute atomic E-state index is 12.1. The first-order chi connectivity index (χ1) is 12.7. The highest BCUT2D eigenvalue weighted by atomic mass is 35.5. The molecule has 1 aromatic heterocycles. The highest BCUT2D eigenvalue weighted by Crippen LogP contribution is 2.18. The average Bonchev–Trinajstić information content (AvgIpc) is 3.03. The van der Waals surface area contributed by atoms with Gasteiger partial charge in [-0.2, -0.15) is 5.10 Å². The van der Waals surface area contributed by atoms with Crippen LogP contribution in [-0.2, 0) is 11.3 Å². The van der Waals surface area contributed by atoms with Crippen molar-refractivity contribution in [3.05, 3.63) is 59.2 Å². The van der Waals surface area contributed by atoms with Gasteiger partial charge in [-0.15, -0.1) is 0 Å². The van der Waals surface area contributed by atoms with Gasteiger partial charge in [-0.25, -0.2) is 0 Å². The lowest BCUT2D eigenvalue weighted by atomic mass is 10.1. The molecule has 0 saturated heterocycles. The van der Waals surface area contributed by atoms with Crippen molar-refractivity contribution in [1.82, 2.24) is 15.1 Å². The quantitative estimate of drug-likeness (QED) is 0.616. The molecule has 0 radical (unpaired) electrons. The Balaban J connectivity index is 1.60. The zero-order valence-corrected chi connectivity index (χ0v) is 15.2. The van der Waals surface area contributed by atoms with Crippen molar-refractivity contribution in [2.45, 2.75) is 6.54 Å². The molecule has 3 rings (SSSR count). The molecule has 1 amide bonds. The zero-order chi connectivity index (χ0) is 18.4. The molecule has 0 spiro atoms. The topological polar surface area (TPSA) is 65.4 Å².